The third-order valence-electron chi connectivity index (χ3n) is 3.18. The van der Waals surface area contributed by atoms with E-state index in [2.05, 4.69) is 22.4 Å². The molecule has 3 N–H and O–H groups in total. The maximum atomic E-state index is 5.37. The molecule has 5 heteroatoms. The van der Waals surface area contributed by atoms with E-state index in [1.165, 1.54) is 0 Å². The summed E-state index contributed by atoms with van der Waals surface area (Å²) in [5, 5.41) is 0. The first-order valence-corrected chi connectivity index (χ1v) is 6.00. The number of hydrogen-bond acceptors (Lipinski definition) is 5. The van der Waals surface area contributed by atoms with Gasteiger partial charge in [0.25, 0.3) is 0 Å². The molecule has 1 aromatic heterocycles. The van der Waals surface area contributed by atoms with Gasteiger partial charge in [0.1, 0.15) is 5.82 Å². The highest BCUT2D eigenvalue weighted by atomic mass is 16.5. The standard InChI is InChI=1S/C12H20N4O/c1-16(11-5-7-17-8-6-11)9-10-3-2-4-12(14-10)15-13/h2-4,11H,5-9,13H2,1H3,(H,14,15). The van der Waals surface area contributed by atoms with Crippen molar-refractivity contribution in [3.63, 3.8) is 0 Å². The van der Waals surface area contributed by atoms with Gasteiger partial charge in [0, 0.05) is 25.8 Å². The molecule has 1 aliphatic rings. The first-order valence-electron chi connectivity index (χ1n) is 6.00. The number of nitrogens with one attached hydrogen (secondary N) is 1. The summed E-state index contributed by atoms with van der Waals surface area (Å²) in [6, 6.07) is 6.45. The highest BCUT2D eigenvalue weighted by molar-refractivity contribution is 5.33. The summed E-state index contributed by atoms with van der Waals surface area (Å²) in [5.74, 6) is 6.06. The molecular weight excluding hydrogens is 216 g/mol. The Morgan fingerprint density at radius 1 is 1.47 bits per heavy atom. The Balaban J connectivity index is 1.94. The lowest BCUT2D eigenvalue weighted by molar-refractivity contribution is 0.0403. The van der Waals surface area contributed by atoms with Crippen LogP contribution in [0.25, 0.3) is 0 Å². The molecule has 94 valence electrons. The monoisotopic (exact) mass is 236 g/mol. The number of pyridine rings is 1. The Morgan fingerprint density at radius 3 is 2.94 bits per heavy atom. The van der Waals surface area contributed by atoms with E-state index in [-0.39, 0.29) is 0 Å². The minimum atomic E-state index is 0.597. The highest BCUT2D eigenvalue weighted by Crippen LogP contribution is 2.15. The van der Waals surface area contributed by atoms with E-state index in [4.69, 9.17) is 10.6 Å². The fourth-order valence-electron chi connectivity index (χ4n) is 2.16. The van der Waals surface area contributed by atoms with Gasteiger partial charge in [0.05, 0.1) is 5.69 Å². The molecule has 5 nitrogen and oxygen atoms in total. The van der Waals surface area contributed by atoms with Crippen LogP contribution in [0.4, 0.5) is 5.82 Å². The number of rotatable bonds is 4. The van der Waals surface area contributed by atoms with Crippen molar-refractivity contribution >= 4 is 5.82 Å². The number of nitrogens with two attached hydrogens (primary N) is 1. The zero-order valence-electron chi connectivity index (χ0n) is 10.2. The number of nitrogen functional groups attached to an aromatic ring is 1. The molecule has 0 unspecified atom stereocenters. The topological polar surface area (TPSA) is 63.4 Å². The molecule has 2 rings (SSSR count). The molecule has 0 saturated carbocycles. The molecule has 0 spiro atoms. The third kappa shape index (κ3) is 3.39. The van der Waals surface area contributed by atoms with Crippen LogP contribution in [0.3, 0.4) is 0 Å². The average Bonchev–Trinajstić information content (AvgIpc) is 2.40. The second kappa shape index (κ2) is 5.95. The zero-order chi connectivity index (χ0) is 12.1. The largest absolute Gasteiger partial charge is 0.381 e. The number of anilines is 1. The van der Waals surface area contributed by atoms with E-state index < -0.39 is 0 Å². The molecule has 1 fully saturated rings. The van der Waals surface area contributed by atoms with Gasteiger partial charge in [0.2, 0.25) is 0 Å². The van der Waals surface area contributed by atoms with Crippen molar-refractivity contribution in [3.05, 3.63) is 23.9 Å². The Morgan fingerprint density at radius 2 is 2.24 bits per heavy atom. The van der Waals surface area contributed by atoms with Crippen molar-refractivity contribution in [3.8, 4) is 0 Å². The number of hydrazine groups is 1. The number of hydrogen-bond donors (Lipinski definition) is 2. The SMILES string of the molecule is CN(Cc1cccc(NN)n1)C1CCOCC1. The Hall–Kier alpha value is -1.17. The van der Waals surface area contributed by atoms with Crippen molar-refractivity contribution in [2.24, 2.45) is 5.84 Å². The normalized spacial score (nSPS) is 17.4. The van der Waals surface area contributed by atoms with E-state index >= 15 is 0 Å². The molecule has 1 aliphatic heterocycles. The Bertz CT molecular complexity index is 352. The summed E-state index contributed by atoms with van der Waals surface area (Å²) < 4.78 is 5.37. The molecule has 1 saturated heterocycles. The maximum absolute atomic E-state index is 5.37. The number of aromatic nitrogens is 1. The molecule has 0 radical (unpaired) electrons. The fraction of sp³-hybridized carbons (Fsp3) is 0.583. The van der Waals surface area contributed by atoms with Crippen LogP contribution >= 0.6 is 0 Å². The Labute approximate surface area is 102 Å². The van der Waals surface area contributed by atoms with E-state index in [0.717, 1.165) is 38.3 Å². The summed E-state index contributed by atoms with van der Waals surface area (Å²) in [6.07, 6.45) is 2.21. The lowest BCUT2D eigenvalue weighted by Gasteiger charge is -2.30. The second-order valence-electron chi connectivity index (χ2n) is 4.42. The van der Waals surface area contributed by atoms with Crippen molar-refractivity contribution in [2.45, 2.75) is 25.4 Å². The summed E-state index contributed by atoms with van der Waals surface area (Å²) in [4.78, 5) is 6.76. The molecule has 0 aliphatic carbocycles. The van der Waals surface area contributed by atoms with Crippen LogP contribution in [0.5, 0.6) is 0 Å². The Kier molecular flexibility index (Phi) is 4.30. The molecule has 0 aromatic carbocycles. The highest BCUT2D eigenvalue weighted by Gasteiger charge is 2.18. The van der Waals surface area contributed by atoms with E-state index in [1.54, 1.807) is 0 Å². The van der Waals surface area contributed by atoms with Gasteiger partial charge < -0.3 is 10.2 Å². The van der Waals surface area contributed by atoms with Crippen LogP contribution in [-0.4, -0.2) is 36.2 Å². The molecule has 0 atom stereocenters. The van der Waals surface area contributed by atoms with Crippen LogP contribution in [0.15, 0.2) is 18.2 Å². The predicted octanol–water partition coefficient (Wildman–Crippen LogP) is 0.978. The number of nitrogens with zero attached hydrogens (tertiary/aromatic N) is 2. The van der Waals surface area contributed by atoms with Gasteiger partial charge in [0.15, 0.2) is 0 Å². The van der Waals surface area contributed by atoms with Crippen LogP contribution in [0.1, 0.15) is 18.5 Å². The van der Waals surface area contributed by atoms with Crippen LogP contribution in [0, 0.1) is 0 Å². The van der Waals surface area contributed by atoms with E-state index in [1.807, 2.05) is 18.2 Å². The van der Waals surface area contributed by atoms with Crippen LogP contribution in [0.2, 0.25) is 0 Å². The molecule has 2 heterocycles. The van der Waals surface area contributed by atoms with Gasteiger partial charge in [-0.15, -0.1) is 0 Å². The van der Waals surface area contributed by atoms with Crippen LogP contribution < -0.4 is 11.3 Å². The van der Waals surface area contributed by atoms with Gasteiger partial charge in [-0.2, -0.15) is 0 Å². The predicted molar refractivity (Wildman–Crippen MR) is 67.4 cm³/mol. The van der Waals surface area contributed by atoms with Crippen LogP contribution in [-0.2, 0) is 11.3 Å². The molecule has 0 bridgehead atoms. The lowest BCUT2D eigenvalue weighted by atomic mass is 10.1. The molecule has 1 aromatic rings. The van der Waals surface area contributed by atoms with Crippen molar-refractivity contribution in [2.75, 3.05) is 25.7 Å². The zero-order valence-corrected chi connectivity index (χ0v) is 10.2. The van der Waals surface area contributed by atoms with E-state index in [0.29, 0.717) is 11.9 Å². The first kappa shape index (κ1) is 12.3. The molecular formula is C12H20N4O. The quantitative estimate of drug-likeness (QED) is 0.602. The van der Waals surface area contributed by atoms with E-state index in [9.17, 15) is 0 Å². The number of ether oxygens (including phenoxy) is 1. The van der Waals surface area contributed by atoms with Gasteiger partial charge >= 0.3 is 0 Å². The summed E-state index contributed by atoms with van der Waals surface area (Å²) in [6.45, 7) is 2.58. The van der Waals surface area contributed by atoms with Gasteiger partial charge in [-0.05, 0) is 32.0 Å². The first-order chi connectivity index (χ1) is 8.29. The average molecular weight is 236 g/mol. The van der Waals surface area contributed by atoms with Crippen molar-refractivity contribution in [1.29, 1.82) is 0 Å². The molecule has 17 heavy (non-hydrogen) atoms. The van der Waals surface area contributed by atoms with Crippen molar-refractivity contribution < 1.29 is 4.74 Å². The summed E-state index contributed by atoms with van der Waals surface area (Å²) in [7, 11) is 2.14. The summed E-state index contributed by atoms with van der Waals surface area (Å²) >= 11 is 0. The van der Waals surface area contributed by atoms with Crippen molar-refractivity contribution in [1.82, 2.24) is 9.88 Å². The van der Waals surface area contributed by atoms with Gasteiger partial charge in [-0.3, -0.25) is 4.90 Å². The fourth-order valence-corrected chi connectivity index (χ4v) is 2.16. The minimum Gasteiger partial charge on any atom is -0.381 e. The lowest BCUT2D eigenvalue weighted by Crippen LogP contribution is -2.36. The molecule has 0 amide bonds. The van der Waals surface area contributed by atoms with Gasteiger partial charge in [-0.1, -0.05) is 6.07 Å². The third-order valence-corrected chi connectivity index (χ3v) is 3.18. The smallest absolute Gasteiger partial charge is 0.140 e. The van der Waals surface area contributed by atoms with Gasteiger partial charge in [-0.25, -0.2) is 10.8 Å². The summed E-state index contributed by atoms with van der Waals surface area (Å²) in [5.41, 5.74) is 3.61. The second-order valence-corrected chi connectivity index (χ2v) is 4.42. The minimum absolute atomic E-state index is 0.597. The maximum Gasteiger partial charge on any atom is 0.140 e.